The van der Waals surface area contributed by atoms with Crippen molar-refractivity contribution in [2.24, 2.45) is 0 Å². The Hall–Kier alpha value is -3.30. The summed E-state index contributed by atoms with van der Waals surface area (Å²) in [4.78, 5) is 16.7. The van der Waals surface area contributed by atoms with E-state index in [1.807, 2.05) is 0 Å². The molecular weight excluding hydrogens is 459 g/mol. The van der Waals surface area contributed by atoms with Crippen molar-refractivity contribution in [3.05, 3.63) is 76.9 Å². The molecule has 1 aliphatic rings. The van der Waals surface area contributed by atoms with Crippen molar-refractivity contribution in [2.75, 3.05) is 17.2 Å². The van der Waals surface area contributed by atoms with Crippen LogP contribution in [0.2, 0.25) is 5.02 Å². The monoisotopic (exact) mass is 477 g/mol. The van der Waals surface area contributed by atoms with E-state index in [2.05, 4.69) is 15.6 Å². The van der Waals surface area contributed by atoms with Gasteiger partial charge in [-0.15, -0.1) is 0 Å². The van der Waals surface area contributed by atoms with Gasteiger partial charge >= 0.3 is 12.2 Å². The summed E-state index contributed by atoms with van der Waals surface area (Å²) in [5, 5.41) is 5.77. The number of amides is 2. The zero-order valence-corrected chi connectivity index (χ0v) is 18.1. The number of hydrogen-bond acceptors (Lipinski definition) is 4. The summed E-state index contributed by atoms with van der Waals surface area (Å²) >= 11 is 5.85. The zero-order chi connectivity index (χ0) is 23.6. The molecule has 33 heavy (non-hydrogen) atoms. The van der Waals surface area contributed by atoms with Gasteiger partial charge in [0.15, 0.2) is 5.60 Å². The molecule has 2 amide bonds. The number of para-hydroxylation sites is 1. The molecule has 0 spiro atoms. The van der Waals surface area contributed by atoms with Crippen molar-refractivity contribution in [3.63, 3.8) is 0 Å². The van der Waals surface area contributed by atoms with Crippen molar-refractivity contribution in [1.29, 1.82) is 0 Å². The molecule has 10 heteroatoms. The SMILES string of the molecule is Cc1ccc(NC(=O)Nc2ccc(Cl)cc2)c(Oc2ccccc2C2(C(F)(F)F)CCO2)n1. The summed E-state index contributed by atoms with van der Waals surface area (Å²) in [7, 11) is 0. The Morgan fingerprint density at radius 3 is 2.42 bits per heavy atom. The Balaban J connectivity index is 1.61. The topological polar surface area (TPSA) is 72.5 Å². The number of nitrogens with one attached hydrogen (secondary N) is 2. The van der Waals surface area contributed by atoms with Crippen molar-refractivity contribution >= 4 is 29.0 Å². The van der Waals surface area contributed by atoms with Crippen LogP contribution < -0.4 is 15.4 Å². The molecule has 1 fully saturated rings. The third-order valence-corrected chi connectivity index (χ3v) is 5.39. The standard InChI is InChI=1S/C23H19ClF3N3O3/c1-14-6-11-18(30-21(31)29-16-9-7-15(24)8-10-16)20(28-14)33-19-5-3-2-4-17(19)22(12-13-32-22)23(25,26)27/h2-11H,12-13H2,1H3,(H2,29,30,31). The van der Waals surface area contributed by atoms with Gasteiger partial charge < -0.3 is 20.1 Å². The summed E-state index contributed by atoms with van der Waals surface area (Å²) in [6.07, 6.45) is -4.84. The average molecular weight is 478 g/mol. The van der Waals surface area contributed by atoms with Crippen LogP contribution in [0.3, 0.4) is 0 Å². The summed E-state index contributed by atoms with van der Waals surface area (Å²) < 4.78 is 52.4. The Morgan fingerprint density at radius 2 is 1.79 bits per heavy atom. The fourth-order valence-corrected chi connectivity index (χ4v) is 3.54. The van der Waals surface area contributed by atoms with Crippen LogP contribution in [-0.4, -0.2) is 23.8 Å². The van der Waals surface area contributed by atoms with Crippen LogP contribution in [0.1, 0.15) is 17.7 Å². The maximum Gasteiger partial charge on any atom is 0.421 e. The second-order valence-corrected chi connectivity index (χ2v) is 7.85. The van der Waals surface area contributed by atoms with Crippen LogP contribution in [-0.2, 0) is 10.3 Å². The molecule has 0 saturated carbocycles. The molecule has 0 bridgehead atoms. The summed E-state index contributed by atoms with van der Waals surface area (Å²) in [6.45, 7) is 1.69. The molecule has 6 nitrogen and oxygen atoms in total. The number of benzene rings is 2. The van der Waals surface area contributed by atoms with Gasteiger partial charge in [-0.2, -0.15) is 13.2 Å². The minimum absolute atomic E-state index is 0.00574. The molecule has 172 valence electrons. The first-order valence-electron chi connectivity index (χ1n) is 9.97. The number of aryl methyl sites for hydroxylation is 1. The number of aromatic nitrogens is 1. The first-order valence-corrected chi connectivity index (χ1v) is 10.3. The minimum atomic E-state index is -4.62. The third-order valence-electron chi connectivity index (χ3n) is 5.14. The molecule has 2 N–H and O–H groups in total. The van der Waals surface area contributed by atoms with Gasteiger partial charge in [0.2, 0.25) is 5.88 Å². The average Bonchev–Trinajstić information content (AvgIpc) is 2.71. The molecule has 0 radical (unpaired) electrons. The van der Waals surface area contributed by atoms with E-state index in [4.69, 9.17) is 21.1 Å². The maximum atomic E-state index is 13.8. The number of rotatable bonds is 5. The first kappa shape index (κ1) is 22.9. The summed E-state index contributed by atoms with van der Waals surface area (Å²) in [5.41, 5.74) is -1.36. The number of halogens is 4. The Kier molecular flexibility index (Phi) is 6.18. The van der Waals surface area contributed by atoms with Gasteiger partial charge in [0.05, 0.1) is 6.61 Å². The normalized spacial score (nSPS) is 17.7. The van der Waals surface area contributed by atoms with E-state index in [9.17, 15) is 18.0 Å². The van der Waals surface area contributed by atoms with Crippen molar-refractivity contribution < 1.29 is 27.4 Å². The van der Waals surface area contributed by atoms with Crippen LogP contribution in [0.15, 0.2) is 60.7 Å². The van der Waals surface area contributed by atoms with E-state index in [1.165, 1.54) is 18.2 Å². The van der Waals surface area contributed by atoms with Crippen molar-refractivity contribution in [1.82, 2.24) is 4.98 Å². The lowest BCUT2D eigenvalue weighted by Gasteiger charge is -2.43. The van der Waals surface area contributed by atoms with Gasteiger partial charge in [-0.1, -0.05) is 29.8 Å². The van der Waals surface area contributed by atoms with E-state index in [0.29, 0.717) is 16.4 Å². The summed E-state index contributed by atoms with van der Waals surface area (Å²) in [5.74, 6) is -0.112. The maximum absolute atomic E-state index is 13.8. The minimum Gasteiger partial charge on any atom is -0.437 e. The van der Waals surface area contributed by atoms with Crippen molar-refractivity contribution in [3.8, 4) is 11.6 Å². The molecule has 1 aliphatic heterocycles. The first-order chi connectivity index (χ1) is 15.7. The fraction of sp³-hybridized carbons (Fsp3) is 0.217. The third kappa shape index (κ3) is 4.74. The van der Waals surface area contributed by atoms with E-state index < -0.39 is 17.8 Å². The predicted octanol–water partition coefficient (Wildman–Crippen LogP) is 6.66. The molecule has 2 heterocycles. The largest absolute Gasteiger partial charge is 0.437 e. The smallest absolute Gasteiger partial charge is 0.421 e. The lowest BCUT2D eigenvalue weighted by Crippen LogP contribution is -2.52. The molecule has 1 unspecified atom stereocenters. The van der Waals surface area contributed by atoms with E-state index in [0.717, 1.165) is 0 Å². The van der Waals surface area contributed by atoms with E-state index in [-0.39, 0.29) is 35.9 Å². The number of nitrogens with zero attached hydrogens (tertiary/aromatic N) is 1. The van der Waals surface area contributed by atoms with Gasteiger partial charge in [-0.05, 0) is 49.4 Å². The fourth-order valence-electron chi connectivity index (χ4n) is 3.41. The number of anilines is 2. The molecule has 2 aromatic carbocycles. The molecule has 4 rings (SSSR count). The van der Waals surface area contributed by atoms with E-state index >= 15 is 0 Å². The molecular formula is C23H19ClF3N3O3. The van der Waals surface area contributed by atoms with Crippen molar-refractivity contribution in [2.45, 2.75) is 25.1 Å². The van der Waals surface area contributed by atoms with Crippen LogP contribution in [0.5, 0.6) is 11.6 Å². The number of alkyl halides is 3. The second kappa shape index (κ2) is 8.92. The molecule has 1 atom stereocenters. The summed E-state index contributed by atoms with van der Waals surface area (Å²) in [6, 6.07) is 14.9. The number of hydrogen-bond donors (Lipinski definition) is 2. The number of carbonyl (C=O) groups excluding carboxylic acids is 1. The van der Waals surface area contributed by atoms with Crippen LogP contribution >= 0.6 is 11.6 Å². The van der Waals surface area contributed by atoms with Gasteiger partial charge in [0.1, 0.15) is 11.4 Å². The highest BCUT2D eigenvalue weighted by molar-refractivity contribution is 6.30. The zero-order valence-electron chi connectivity index (χ0n) is 17.4. The van der Waals surface area contributed by atoms with E-state index in [1.54, 1.807) is 49.4 Å². The predicted molar refractivity (Wildman–Crippen MR) is 118 cm³/mol. The quantitative estimate of drug-likeness (QED) is 0.431. The lowest BCUT2D eigenvalue weighted by molar-refractivity contribution is -0.333. The second-order valence-electron chi connectivity index (χ2n) is 7.41. The van der Waals surface area contributed by atoms with Gasteiger partial charge in [-0.3, -0.25) is 0 Å². The van der Waals surface area contributed by atoms with Crippen LogP contribution in [0.4, 0.5) is 29.3 Å². The van der Waals surface area contributed by atoms with Crippen LogP contribution in [0.25, 0.3) is 0 Å². The Bertz CT molecular complexity index is 1170. The Morgan fingerprint density at radius 1 is 1.09 bits per heavy atom. The highest BCUT2D eigenvalue weighted by atomic mass is 35.5. The van der Waals surface area contributed by atoms with Gasteiger partial charge in [-0.25, -0.2) is 9.78 Å². The molecule has 0 aliphatic carbocycles. The number of urea groups is 1. The number of carbonyl (C=O) groups is 1. The number of ether oxygens (including phenoxy) is 2. The molecule has 3 aromatic rings. The molecule has 1 aromatic heterocycles. The van der Waals surface area contributed by atoms with Crippen LogP contribution in [0, 0.1) is 6.92 Å². The lowest BCUT2D eigenvalue weighted by atomic mass is 9.85. The molecule has 1 saturated heterocycles. The van der Waals surface area contributed by atoms with Gasteiger partial charge in [0.25, 0.3) is 0 Å². The number of pyridine rings is 1. The van der Waals surface area contributed by atoms with Gasteiger partial charge in [0, 0.05) is 28.4 Å². The highest BCUT2D eigenvalue weighted by Gasteiger charge is 2.62. The Labute approximate surface area is 192 Å². The highest BCUT2D eigenvalue weighted by Crippen LogP contribution is 2.53.